The molecule has 3 rings (SSSR count). The van der Waals surface area contributed by atoms with E-state index in [0.29, 0.717) is 36.1 Å². The van der Waals surface area contributed by atoms with E-state index in [2.05, 4.69) is 5.32 Å². The van der Waals surface area contributed by atoms with Crippen molar-refractivity contribution in [3.05, 3.63) is 34.4 Å². The standard InChI is InChI=1S/C15H17ClFN3O3/c16-13-11-3-4-20(10-1-2-10)14(21)12(11)8-19(13)7-9(5-17)6-18-15(22)23/h5,8,10,18H,1-4,6-7H2,(H,22,23). The third kappa shape index (κ3) is 3.19. The Morgan fingerprint density at radius 3 is 2.87 bits per heavy atom. The van der Waals surface area contributed by atoms with Crippen LogP contribution in [0, 0.1) is 0 Å². The van der Waals surface area contributed by atoms with Crippen molar-refractivity contribution in [2.24, 2.45) is 0 Å². The van der Waals surface area contributed by atoms with E-state index in [4.69, 9.17) is 16.7 Å². The molecule has 8 heteroatoms. The minimum atomic E-state index is -1.22. The largest absolute Gasteiger partial charge is 0.465 e. The average molecular weight is 342 g/mol. The monoisotopic (exact) mass is 341 g/mol. The molecule has 0 spiro atoms. The number of hydrogen-bond donors (Lipinski definition) is 2. The highest BCUT2D eigenvalue weighted by molar-refractivity contribution is 6.31. The first-order chi connectivity index (χ1) is 11.0. The van der Waals surface area contributed by atoms with Gasteiger partial charge in [0, 0.05) is 37.4 Å². The lowest BCUT2D eigenvalue weighted by atomic mass is 10.0. The van der Waals surface area contributed by atoms with Crippen LogP contribution >= 0.6 is 11.6 Å². The van der Waals surface area contributed by atoms with Crippen molar-refractivity contribution in [1.29, 1.82) is 0 Å². The number of nitrogens with zero attached hydrogens (tertiary/aromatic N) is 2. The number of carboxylic acid groups (broad SMARTS) is 1. The predicted molar refractivity (Wildman–Crippen MR) is 82.4 cm³/mol. The summed E-state index contributed by atoms with van der Waals surface area (Å²) >= 11 is 6.32. The molecule has 0 atom stereocenters. The zero-order valence-corrected chi connectivity index (χ0v) is 13.1. The highest BCUT2D eigenvalue weighted by Gasteiger charge is 2.37. The fraction of sp³-hybridized carbons (Fsp3) is 0.467. The molecule has 0 radical (unpaired) electrons. The summed E-state index contributed by atoms with van der Waals surface area (Å²) in [6.07, 6.45) is 3.56. The van der Waals surface area contributed by atoms with E-state index in [1.807, 2.05) is 4.90 Å². The first-order valence-electron chi connectivity index (χ1n) is 7.44. The first kappa shape index (κ1) is 15.9. The maximum atomic E-state index is 12.9. The second-order valence-corrected chi connectivity index (χ2v) is 6.20. The Bertz CT molecular complexity index is 682. The lowest BCUT2D eigenvalue weighted by Crippen LogP contribution is -2.38. The van der Waals surface area contributed by atoms with Crippen molar-refractivity contribution in [2.45, 2.75) is 31.8 Å². The lowest BCUT2D eigenvalue weighted by molar-refractivity contribution is 0.0727. The maximum Gasteiger partial charge on any atom is 0.404 e. The van der Waals surface area contributed by atoms with Crippen LogP contribution in [-0.4, -0.2) is 45.7 Å². The van der Waals surface area contributed by atoms with Crippen LogP contribution in [0.5, 0.6) is 0 Å². The summed E-state index contributed by atoms with van der Waals surface area (Å²) in [5.74, 6) is -0.0242. The minimum absolute atomic E-state index is 0.0242. The van der Waals surface area contributed by atoms with Gasteiger partial charge in [-0.1, -0.05) is 11.6 Å². The summed E-state index contributed by atoms with van der Waals surface area (Å²) < 4.78 is 14.5. The van der Waals surface area contributed by atoms with Gasteiger partial charge in [0.25, 0.3) is 5.91 Å². The summed E-state index contributed by atoms with van der Waals surface area (Å²) in [6, 6.07) is 0.346. The van der Waals surface area contributed by atoms with Gasteiger partial charge < -0.3 is 19.9 Å². The van der Waals surface area contributed by atoms with Gasteiger partial charge in [-0.3, -0.25) is 4.79 Å². The van der Waals surface area contributed by atoms with Crippen LogP contribution in [0.4, 0.5) is 9.18 Å². The van der Waals surface area contributed by atoms with Crippen LogP contribution in [-0.2, 0) is 13.0 Å². The molecule has 0 bridgehead atoms. The maximum absolute atomic E-state index is 12.9. The minimum Gasteiger partial charge on any atom is -0.465 e. The van der Waals surface area contributed by atoms with Gasteiger partial charge in [-0.15, -0.1) is 0 Å². The number of fused-ring (bicyclic) bond motifs is 1. The molecule has 0 unspecified atom stereocenters. The van der Waals surface area contributed by atoms with Crippen molar-refractivity contribution < 1.29 is 19.1 Å². The van der Waals surface area contributed by atoms with Gasteiger partial charge >= 0.3 is 6.09 Å². The SMILES string of the molecule is O=C(O)NCC(=CF)Cn1cc2c(c1Cl)CCN(C1CC1)C2=O. The highest BCUT2D eigenvalue weighted by Crippen LogP contribution is 2.34. The number of hydrogen-bond acceptors (Lipinski definition) is 2. The molecule has 23 heavy (non-hydrogen) atoms. The highest BCUT2D eigenvalue weighted by atomic mass is 35.5. The Hall–Kier alpha value is -2.02. The summed E-state index contributed by atoms with van der Waals surface area (Å²) in [7, 11) is 0. The van der Waals surface area contributed by atoms with E-state index in [0.717, 1.165) is 18.4 Å². The van der Waals surface area contributed by atoms with Crippen LogP contribution in [0.3, 0.4) is 0 Å². The fourth-order valence-electron chi connectivity index (χ4n) is 2.87. The molecule has 2 N–H and O–H groups in total. The molecule has 2 aliphatic rings. The molecule has 1 fully saturated rings. The lowest BCUT2D eigenvalue weighted by Gasteiger charge is -2.26. The number of nitrogens with one attached hydrogen (secondary N) is 1. The fourth-order valence-corrected chi connectivity index (χ4v) is 3.18. The molecule has 1 aromatic rings. The molecular formula is C15H17ClFN3O3. The third-order valence-corrected chi connectivity index (χ3v) is 4.63. The number of amides is 2. The van der Waals surface area contributed by atoms with Crippen LogP contribution in [0.2, 0.25) is 5.15 Å². The van der Waals surface area contributed by atoms with Crippen molar-refractivity contribution in [3.63, 3.8) is 0 Å². The number of carbonyl (C=O) groups is 2. The molecule has 1 saturated carbocycles. The van der Waals surface area contributed by atoms with E-state index in [-0.39, 0.29) is 24.6 Å². The molecule has 0 saturated heterocycles. The van der Waals surface area contributed by atoms with Gasteiger partial charge in [0.15, 0.2) is 0 Å². The van der Waals surface area contributed by atoms with Gasteiger partial charge in [-0.05, 0) is 24.8 Å². The van der Waals surface area contributed by atoms with E-state index in [1.54, 1.807) is 10.8 Å². The normalized spacial score (nSPS) is 18.1. The molecule has 6 nitrogen and oxygen atoms in total. The Morgan fingerprint density at radius 1 is 1.52 bits per heavy atom. The Balaban J connectivity index is 1.78. The van der Waals surface area contributed by atoms with Gasteiger partial charge in [0.05, 0.1) is 11.9 Å². The van der Waals surface area contributed by atoms with Crippen LogP contribution in [0.15, 0.2) is 18.1 Å². The van der Waals surface area contributed by atoms with Crippen molar-refractivity contribution in [1.82, 2.24) is 14.8 Å². The Labute approximate surface area is 137 Å². The van der Waals surface area contributed by atoms with Gasteiger partial charge in [0.2, 0.25) is 0 Å². The molecule has 1 aliphatic heterocycles. The van der Waals surface area contributed by atoms with Crippen molar-refractivity contribution >= 4 is 23.6 Å². The summed E-state index contributed by atoms with van der Waals surface area (Å²) in [5.41, 5.74) is 1.59. The van der Waals surface area contributed by atoms with E-state index < -0.39 is 6.09 Å². The first-order valence-corrected chi connectivity index (χ1v) is 7.82. The van der Waals surface area contributed by atoms with E-state index in [9.17, 15) is 14.0 Å². The number of rotatable bonds is 5. The Kier molecular flexibility index (Phi) is 4.30. The average Bonchev–Trinajstić information content (AvgIpc) is 3.30. The summed E-state index contributed by atoms with van der Waals surface area (Å²) in [5, 5.41) is 11.1. The number of aromatic nitrogens is 1. The zero-order chi connectivity index (χ0) is 16.6. The summed E-state index contributed by atoms with van der Waals surface area (Å²) in [4.78, 5) is 24.9. The molecular weight excluding hydrogens is 325 g/mol. The number of carbonyl (C=O) groups excluding carboxylic acids is 1. The van der Waals surface area contributed by atoms with Crippen LogP contribution in [0.1, 0.15) is 28.8 Å². The molecule has 124 valence electrons. The zero-order valence-electron chi connectivity index (χ0n) is 12.4. The van der Waals surface area contributed by atoms with Crippen LogP contribution < -0.4 is 5.32 Å². The smallest absolute Gasteiger partial charge is 0.404 e. The number of halogens is 2. The van der Waals surface area contributed by atoms with Crippen molar-refractivity contribution in [3.8, 4) is 0 Å². The predicted octanol–water partition coefficient (Wildman–Crippen LogP) is 2.42. The van der Waals surface area contributed by atoms with Gasteiger partial charge in [-0.2, -0.15) is 0 Å². The van der Waals surface area contributed by atoms with Gasteiger partial charge in [-0.25, -0.2) is 9.18 Å². The summed E-state index contributed by atoms with van der Waals surface area (Å²) in [6.45, 7) is 0.624. The topological polar surface area (TPSA) is 74.6 Å². The molecule has 2 amide bonds. The van der Waals surface area contributed by atoms with Crippen molar-refractivity contribution in [2.75, 3.05) is 13.1 Å². The molecule has 1 aliphatic carbocycles. The Morgan fingerprint density at radius 2 is 2.26 bits per heavy atom. The van der Waals surface area contributed by atoms with Crippen LogP contribution in [0.25, 0.3) is 0 Å². The van der Waals surface area contributed by atoms with E-state index in [1.165, 1.54) is 0 Å². The second kappa shape index (κ2) is 6.23. The van der Waals surface area contributed by atoms with Gasteiger partial charge in [0.1, 0.15) is 5.15 Å². The molecule has 1 aromatic heterocycles. The molecule has 2 heterocycles. The van der Waals surface area contributed by atoms with E-state index >= 15 is 0 Å². The molecule has 0 aromatic carbocycles. The quantitative estimate of drug-likeness (QED) is 0.863. The third-order valence-electron chi connectivity index (χ3n) is 4.19. The second-order valence-electron chi connectivity index (χ2n) is 5.85.